The molecule has 120 valence electrons. The number of hydrogen-bond donors (Lipinski definition) is 1. The summed E-state index contributed by atoms with van der Waals surface area (Å²) in [6, 6.07) is 10.8. The smallest absolute Gasteiger partial charge is 0.289 e. The maximum atomic E-state index is 12.2. The first-order chi connectivity index (χ1) is 11.2. The van der Waals surface area contributed by atoms with Crippen LogP contribution in [0.25, 0.3) is 0 Å². The van der Waals surface area contributed by atoms with Gasteiger partial charge in [0.25, 0.3) is 5.91 Å². The normalized spacial score (nSPS) is 14.8. The van der Waals surface area contributed by atoms with Gasteiger partial charge in [0.1, 0.15) is 0 Å². The number of nitrogens with two attached hydrogens (primary N) is 1. The monoisotopic (exact) mass is 313 g/mol. The molecule has 1 fully saturated rings. The molecule has 2 N–H and O–H groups in total. The summed E-state index contributed by atoms with van der Waals surface area (Å²) in [5.74, 6) is 0.243. The Hall–Kier alpha value is -2.60. The van der Waals surface area contributed by atoms with Crippen LogP contribution in [0.1, 0.15) is 20.9 Å². The maximum absolute atomic E-state index is 12.2. The SMILES string of the molecule is NCC(=O)c1ccc(N2CCN(C(=O)c3ccco3)CC2)cc1. The van der Waals surface area contributed by atoms with Gasteiger partial charge in [0.2, 0.25) is 0 Å². The van der Waals surface area contributed by atoms with Gasteiger partial charge in [-0.3, -0.25) is 9.59 Å². The van der Waals surface area contributed by atoms with Crippen LogP contribution in [0.5, 0.6) is 0 Å². The van der Waals surface area contributed by atoms with Gasteiger partial charge < -0.3 is 20.0 Å². The average Bonchev–Trinajstić information content (AvgIpc) is 3.15. The largest absolute Gasteiger partial charge is 0.459 e. The molecule has 0 atom stereocenters. The maximum Gasteiger partial charge on any atom is 0.289 e. The molecule has 1 aromatic carbocycles. The predicted octanol–water partition coefficient (Wildman–Crippen LogP) is 1.38. The molecule has 6 heteroatoms. The molecule has 23 heavy (non-hydrogen) atoms. The third kappa shape index (κ3) is 3.27. The lowest BCUT2D eigenvalue weighted by molar-refractivity contribution is 0.0714. The number of carbonyl (C=O) groups is 2. The second-order valence-electron chi connectivity index (χ2n) is 5.43. The Morgan fingerprint density at radius 3 is 2.30 bits per heavy atom. The Bertz CT molecular complexity index is 672. The van der Waals surface area contributed by atoms with Crippen LogP contribution in [0, 0.1) is 0 Å². The number of rotatable bonds is 4. The molecule has 0 spiro atoms. The van der Waals surface area contributed by atoms with Crippen molar-refractivity contribution < 1.29 is 14.0 Å². The lowest BCUT2D eigenvalue weighted by Gasteiger charge is -2.35. The highest BCUT2D eigenvalue weighted by molar-refractivity contribution is 5.97. The molecule has 0 radical (unpaired) electrons. The van der Waals surface area contributed by atoms with Crippen molar-refractivity contribution in [1.29, 1.82) is 0 Å². The first-order valence-electron chi connectivity index (χ1n) is 7.60. The van der Waals surface area contributed by atoms with Crippen LogP contribution in [-0.4, -0.2) is 49.3 Å². The van der Waals surface area contributed by atoms with Gasteiger partial charge in [-0.25, -0.2) is 0 Å². The number of hydrogen-bond acceptors (Lipinski definition) is 5. The molecule has 3 rings (SSSR count). The van der Waals surface area contributed by atoms with Crippen molar-refractivity contribution >= 4 is 17.4 Å². The van der Waals surface area contributed by atoms with Gasteiger partial charge in [-0.2, -0.15) is 0 Å². The van der Waals surface area contributed by atoms with E-state index in [1.807, 2.05) is 12.1 Å². The second kappa shape index (κ2) is 6.66. The number of ketones is 1. The van der Waals surface area contributed by atoms with E-state index < -0.39 is 0 Å². The minimum atomic E-state index is -0.0708. The number of amides is 1. The molecule has 2 heterocycles. The van der Waals surface area contributed by atoms with E-state index >= 15 is 0 Å². The molecule has 0 bridgehead atoms. The summed E-state index contributed by atoms with van der Waals surface area (Å²) in [6.45, 7) is 2.80. The molecule has 1 aliphatic rings. The minimum Gasteiger partial charge on any atom is -0.459 e. The van der Waals surface area contributed by atoms with Gasteiger partial charge in [-0.1, -0.05) is 0 Å². The molecule has 1 saturated heterocycles. The molecular formula is C17H19N3O3. The highest BCUT2D eigenvalue weighted by Crippen LogP contribution is 2.18. The lowest BCUT2D eigenvalue weighted by atomic mass is 10.1. The van der Waals surface area contributed by atoms with Gasteiger partial charge in [0.05, 0.1) is 12.8 Å². The summed E-state index contributed by atoms with van der Waals surface area (Å²) in [4.78, 5) is 27.8. The fourth-order valence-corrected chi connectivity index (χ4v) is 2.70. The van der Waals surface area contributed by atoms with E-state index in [4.69, 9.17) is 10.2 Å². The standard InChI is InChI=1S/C17H19N3O3/c18-12-15(21)13-3-5-14(6-4-13)19-7-9-20(10-8-19)17(22)16-2-1-11-23-16/h1-6,11H,7-10,12,18H2. The van der Waals surface area contributed by atoms with Crippen LogP contribution in [-0.2, 0) is 0 Å². The number of carbonyl (C=O) groups excluding carboxylic acids is 2. The van der Waals surface area contributed by atoms with Crippen molar-refractivity contribution in [2.24, 2.45) is 5.73 Å². The summed E-state index contributed by atoms with van der Waals surface area (Å²) in [5, 5.41) is 0. The van der Waals surface area contributed by atoms with Gasteiger partial charge in [-0.05, 0) is 36.4 Å². The molecule has 0 aliphatic carbocycles. The van der Waals surface area contributed by atoms with Gasteiger partial charge in [0, 0.05) is 37.4 Å². The zero-order chi connectivity index (χ0) is 16.2. The Kier molecular flexibility index (Phi) is 4.43. The van der Waals surface area contributed by atoms with E-state index in [2.05, 4.69) is 4.90 Å². The minimum absolute atomic E-state index is 0.0207. The number of Topliss-reactive ketones (excluding diaryl/α,β-unsaturated/α-hetero) is 1. The molecule has 1 aromatic heterocycles. The van der Waals surface area contributed by atoms with Gasteiger partial charge in [-0.15, -0.1) is 0 Å². The van der Waals surface area contributed by atoms with Crippen LogP contribution < -0.4 is 10.6 Å². The third-order valence-electron chi connectivity index (χ3n) is 4.04. The summed E-state index contributed by atoms with van der Waals surface area (Å²) in [5.41, 5.74) is 7.04. The molecule has 1 amide bonds. The van der Waals surface area contributed by atoms with E-state index in [-0.39, 0.29) is 18.2 Å². The van der Waals surface area contributed by atoms with Crippen molar-refractivity contribution in [3.63, 3.8) is 0 Å². The van der Waals surface area contributed by atoms with Crippen molar-refractivity contribution in [3.8, 4) is 0 Å². The van der Waals surface area contributed by atoms with Crippen molar-refractivity contribution in [3.05, 3.63) is 54.0 Å². The highest BCUT2D eigenvalue weighted by atomic mass is 16.3. The first kappa shape index (κ1) is 15.3. The van der Waals surface area contributed by atoms with E-state index in [0.29, 0.717) is 24.4 Å². The number of piperazine rings is 1. The third-order valence-corrected chi connectivity index (χ3v) is 4.04. The fourth-order valence-electron chi connectivity index (χ4n) is 2.70. The fraction of sp³-hybridized carbons (Fsp3) is 0.294. The van der Waals surface area contributed by atoms with E-state index in [9.17, 15) is 9.59 Å². The molecular weight excluding hydrogens is 294 g/mol. The van der Waals surface area contributed by atoms with Crippen LogP contribution in [0.3, 0.4) is 0 Å². The molecule has 2 aromatic rings. The Labute approximate surface area is 134 Å². The Morgan fingerprint density at radius 2 is 1.74 bits per heavy atom. The molecule has 1 aliphatic heterocycles. The Morgan fingerprint density at radius 1 is 1.04 bits per heavy atom. The van der Waals surface area contributed by atoms with Crippen LogP contribution in [0.2, 0.25) is 0 Å². The van der Waals surface area contributed by atoms with Gasteiger partial charge in [0.15, 0.2) is 11.5 Å². The topological polar surface area (TPSA) is 79.8 Å². The average molecular weight is 313 g/mol. The van der Waals surface area contributed by atoms with E-state index in [1.165, 1.54) is 6.26 Å². The summed E-state index contributed by atoms with van der Waals surface area (Å²) >= 11 is 0. The van der Waals surface area contributed by atoms with Crippen molar-refractivity contribution in [2.45, 2.75) is 0 Å². The molecule has 0 unspecified atom stereocenters. The van der Waals surface area contributed by atoms with Crippen molar-refractivity contribution in [2.75, 3.05) is 37.6 Å². The van der Waals surface area contributed by atoms with Crippen LogP contribution >= 0.6 is 0 Å². The Balaban J connectivity index is 1.60. The molecule has 6 nitrogen and oxygen atoms in total. The second-order valence-corrected chi connectivity index (χ2v) is 5.43. The number of furan rings is 1. The van der Waals surface area contributed by atoms with Crippen LogP contribution in [0.15, 0.2) is 47.1 Å². The van der Waals surface area contributed by atoms with Crippen LogP contribution in [0.4, 0.5) is 5.69 Å². The zero-order valence-electron chi connectivity index (χ0n) is 12.8. The number of nitrogens with zero attached hydrogens (tertiary/aromatic N) is 2. The quantitative estimate of drug-likeness (QED) is 0.863. The summed E-state index contributed by atoms with van der Waals surface area (Å²) in [7, 11) is 0. The lowest BCUT2D eigenvalue weighted by Crippen LogP contribution is -2.48. The number of anilines is 1. The van der Waals surface area contributed by atoms with Gasteiger partial charge >= 0.3 is 0 Å². The number of benzene rings is 1. The first-order valence-corrected chi connectivity index (χ1v) is 7.60. The predicted molar refractivity (Wildman–Crippen MR) is 86.7 cm³/mol. The highest BCUT2D eigenvalue weighted by Gasteiger charge is 2.23. The summed E-state index contributed by atoms with van der Waals surface area (Å²) < 4.78 is 5.16. The zero-order valence-corrected chi connectivity index (χ0v) is 12.8. The van der Waals surface area contributed by atoms with Crippen molar-refractivity contribution in [1.82, 2.24) is 4.90 Å². The summed E-state index contributed by atoms with van der Waals surface area (Å²) in [6.07, 6.45) is 1.51. The molecule has 0 saturated carbocycles. The van der Waals surface area contributed by atoms with E-state index in [1.54, 1.807) is 29.2 Å². The van der Waals surface area contributed by atoms with E-state index in [0.717, 1.165) is 18.8 Å².